The minimum atomic E-state index is 0.205. The molecule has 6 nitrogen and oxygen atoms in total. The third-order valence-corrected chi connectivity index (χ3v) is 4.26. The zero-order valence-corrected chi connectivity index (χ0v) is 13.7. The number of rotatable bonds is 5. The first-order chi connectivity index (χ1) is 12.3. The summed E-state index contributed by atoms with van der Waals surface area (Å²) in [6, 6.07) is 14.7. The van der Waals surface area contributed by atoms with Gasteiger partial charge in [-0.1, -0.05) is 5.16 Å². The fourth-order valence-electron chi connectivity index (χ4n) is 2.94. The van der Waals surface area contributed by atoms with Crippen molar-refractivity contribution in [2.75, 3.05) is 5.32 Å². The molecule has 1 saturated carbocycles. The van der Waals surface area contributed by atoms with Crippen LogP contribution in [0.4, 0.5) is 11.7 Å². The lowest BCUT2D eigenvalue weighted by atomic mass is 10.2. The second-order valence-electron chi connectivity index (χ2n) is 6.14. The lowest BCUT2D eigenvalue weighted by Gasteiger charge is -2.12. The van der Waals surface area contributed by atoms with E-state index in [1.54, 1.807) is 24.3 Å². The maximum absolute atomic E-state index is 9.30. The molecule has 6 heteroatoms. The van der Waals surface area contributed by atoms with E-state index in [9.17, 15) is 5.11 Å². The van der Waals surface area contributed by atoms with E-state index in [1.165, 1.54) is 12.8 Å². The molecular formula is C19H19N3O3. The molecule has 3 aromatic rings. The molecule has 0 bridgehead atoms. The number of aromatic nitrogens is 2. The summed E-state index contributed by atoms with van der Waals surface area (Å²) in [6.45, 7) is 0. The highest BCUT2D eigenvalue weighted by atomic mass is 16.5. The van der Waals surface area contributed by atoms with E-state index in [2.05, 4.69) is 15.5 Å². The van der Waals surface area contributed by atoms with Gasteiger partial charge in [-0.2, -0.15) is 4.98 Å². The van der Waals surface area contributed by atoms with Crippen LogP contribution < -0.4 is 10.1 Å². The molecule has 2 N–H and O–H groups in total. The van der Waals surface area contributed by atoms with Gasteiger partial charge in [-0.3, -0.25) is 0 Å². The normalized spacial score (nSPS) is 14.6. The molecule has 0 amide bonds. The second-order valence-corrected chi connectivity index (χ2v) is 6.14. The molecule has 0 unspecified atom stereocenters. The number of hydrogen-bond donors (Lipinski definition) is 2. The summed E-state index contributed by atoms with van der Waals surface area (Å²) in [5.74, 6) is 1.59. The Labute approximate surface area is 145 Å². The van der Waals surface area contributed by atoms with Crippen molar-refractivity contribution >= 4 is 11.7 Å². The molecule has 2 aromatic carbocycles. The Kier molecular flexibility index (Phi) is 4.24. The van der Waals surface area contributed by atoms with Crippen LogP contribution in [0.3, 0.4) is 0 Å². The van der Waals surface area contributed by atoms with Crippen LogP contribution in [0.25, 0.3) is 11.4 Å². The van der Waals surface area contributed by atoms with Crippen molar-refractivity contribution in [3.05, 3.63) is 48.5 Å². The SMILES string of the molecule is Oc1ccc(Nc2nc(-c3ccc(OC4CCCC4)cc3)no2)cc1. The lowest BCUT2D eigenvalue weighted by Crippen LogP contribution is -2.10. The number of nitrogens with one attached hydrogen (secondary N) is 1. The van der Waals surface area contributed by atoms with E-state index in [1.807, 2.05) is 24.3 Å². The Morgan fingerprint density at radius 2 is 1.72 bits per heavy atom. The molecule has 0 atom stereocenters. The number of ether oxygens (including phenoxy) is 1. The van der Waals surface area contributed by atoms with E-state index in [0.717, 1.165) is 29.8 Å². The highest BCUT2D eigenvalue weighted by molar-refractivity contribution is 5.59. The zero-order valence-electron chi connectivity index (χ0n) is 13.7. The van der Waals surface area contributed by atoms with Gasteiger partial charge in [0.15, 0.2) is 0 Å². The number of aromatic hydroxyl groups is 1. The van der Waals surface area contributed by atoms with Crippen LogP contribution in [-0.4, -0.2) is 21.4 Å². The Morgan fingerprint density at radius 1 is 1.00 bits per heavy atom. The van der Waals surface area contributed by atoms with Gasteiger partial charge in [0, 0.05) is 11.3 Å². The van der Waals surface area contributed by atoms with Crippen LogP contribution in [0.1, 0.15) is 25.7 Å². The van der Waals surface area contributed by atoms with Crippen LogP contribution in [0, 0.1) is 0 Å². The summed E-state index contributed by atoms with van der Waals surface area (Å²) in [4.78, 5) is 4.34. The van der Waals surface area contributed by atoms with Gasteiger partial charge >= 0.3 is 6.01 Å². The van der Waals surface area contributed by atoms with Crippen LogP contribution in [-0.2, 0) is 0 Å². The van der Waals surface area contributed by atoms with Crippen molar-refractivity contribution in [1.82, 2.24) is 10.1 Å². The first-order valence-electron chi connectivity index (χ1n) is 8.43. The van der Waals surface area contributed by atoms with Gasteiger partial charge in [-0.25, -0.2) is 0 Å². The molecule has 25 heavy (non-hydrogen) atoms. The number of nitrogens with zero attached hydrogens (tertiary/aromatic N) is 2. The van der Waals surface area contributed by atoms with E-state index >= 15 is 0 Å². The van der Waals surface area contributed by atoms with E-state index < -0.39 is 0 Å². The second kappa shape index (κ2) is 6.84. The molecular weight excluding hydrogens is 318 g/mol. The van der Waals surface area contributed by atoms with Gasteiger partial charge < -0.3 is 19.7 Å². The van der Waals surface area contributed by atoms with Crippen molar-refractivity contribution in [3.63, 3.8) is 0 Å². The van der Waals surface area contributed by atoms with Gasteiger partial charge in [0.2, 0.25) is 5.82 Å². The van der Waals surface area contributed by atoms with Gasteiger partial charge in [0.25, 0.3) is 0 Å². The Hall–Kier alpha value is -3.02. The van der Waals surface area contributed by atoms with Crippen molar-refractivity contribution < 1.29 is 14.4 Å². The van der Waals surface area contributed by atoms with Crippen molar-refractivity contribution in [2.45, 2.75) is 31.8 Å². The summed E-state index contributed by atoms with van der Waals surface area (Å²) in [5.41, 5.74) is 1.62. The average molecular weight is 337 g/mol. The molecule has 1 fully saturated rings. The summed E-state index contributed by atoms with van der Waals surface area (Å²) < 4.78 is 11.2. The predicted molar refractivity (Wildman–Crippen MR) is 94.0 cm³/mol. The predicted octanol–water partition coefficient (Wildman–Crippen LogP) is 4.51. The first kappa shape index (κ1) is 15.5. The van der Waals surface area contributed by atoms with Crippen LogP contribution in [0.15, 0.2) is 53.1 Å². The highest BCUT2D eigenvalue weighted by Crippen LogP contribution is 2.27. The third-order valence-electron chi connectivity index (χ3n) is 4.26. The summed E-state index contributed by atoms with van der Waals surface area (Å²) >= 11 is 0. The third kappa shape index (κ3) is 3.74. The summed E-state index contributed by atoms with van der Waals surface area (Å²) in [5, 5.41) is 16.3. The molecule has 1 aromatic heterocycles. The fraction of sp³-hybridized carbons (Fsp3) is 0.263. The maximum Gasteiger partial charge on any atom is 0.326 e. The van der Waals surface area contributed by atoms with Crippen LogP contribution >= 0.6 is 0 Å². The number of phenols is 1. The quantitative estimate of drug-likeness (QED) is 0.667. The van der Waals surface area contributed by atoms with Gasteiger partial charge in [0.1, 0.15) is 11.5 Å². The molecule has 0 saturated heterocycles. The smallest absolute Gasteiger partial charge is 0.326 e. The van der Waals surface area contributed by atoms with Gasteiger partial charge in [-0.15, -0.1) is 0 Å². The highest BCUT2D eigenvalue weighted by Gasteiger charge is 2.16. The average Bonchev–Trinajstić information content (AvgIpc) is 3.30. The lowest BCUT2D eigenvalue weighted by molar-refractivity contribution is 0.210. The minimum absolute atomic E-state index is 0.205. The van der Waals surface area contributed by atoms with Crippen molar-refractivity contribution in [3.8, 4) is 22.9 Å². The topological polar surface area (TPSA) is 80.4 Å². The fourth-order valence-corrected chi connectivity index (χ4v) is 2.94. The minimum Gasteiger partial charge on any atom is -0.508 e. The molecule has 0 spiro atoms. The number of anilines is 2. The molecule has 4 rings (SSSR count). The number of hydrogen-bond acceptors (Lipinski definition) is 6. The molecule has 128 valence electrons. The van der Waals surface area contributed by atoms with Crippen molar-refractivity contribution in [2.24, 2.45) is 0 Å². The van der Waals surface area contributed by atoms with E-state index in [4.69, 9.17) is 9.26 Å². The van der Waals surface area contributed by atoms with Gasteiger partial charge in [0.05, 0.1) is 6.10 Å². The summed E-state index contributed by atoms with van der Waals surface area (Å²) in [7, 11) is 0. The summed E-state index contributed by atoms with van der Waals surface area (Å²) in [6.07, 6.45) is 5.12. The first-order valence-corrected chi connectivity index (χ1v) is 8.43. The standard InChI is InChI=1S/C19H19N3O3/c23-15-9-7-14(8-10-15)20-19-21-18(22-25-19)13-5-11-17(12-6-13)24-16-3-1-2-4-16/h5-12,16,23H,1-4H2,(H,20,21,22). The molecule has 1 heterocycles. The Balaban J connectivity index is 1.43. The largest absolute Gasteiger partial charge is 0.508 e. The maximum atomic E-state index is 9.30. The van der Waals surface area contributed by atoms with E-state index in [-0.39, 0.29) is 5.75 Å². The van der Waals surface area contributed by atoms with E-state index in [0.29, 0.717) is 17.9 Å². The molecule has 0 radical (unpaired) electrons. The van der Waals surface area contributed by atoms with Gasteiger partial charge in [-0.05, 0) is 74.2 Å². The Morgan fingerprint density at radius 3 is 2.44 bits per heavy atom. The number of phenolic OH excluding ortho intramolecular Hbond substituents is 1. The zero-order chi connectivity index (χ0) is 17.1. The molecule has 1 aliphatic carbocycles. The molecule has 0 aliphatic heterocycles. The van der Waals surface area contributed by atoms with Crippen molar-refractivity contribution in [1.29, 1.82) is 0 Å². The van der Waals surface area contributed by atoms with Crippen LogP contribution in [0.5, 0.6) is 11.5 Å². The molecule has 1 aliphatic rings. The van der Waals surface area contributed by atoms with Crippen LogP contribution in [0.2, 0.25) is 0 Å². The Bertz CT molecular complexity index is 822. The number of benzene rings is 2. The monoisotopic (exact) mass is 337 g/mol.